The van der Waals surface area contributed by atoms with Crippen molar-refractivity contribution in [1.29, 1.82) is 0 Å². The van der Waals surface area contributed by atoms with Crippen LogP contribution in [0.25, 0.3) is 10.8 Å². The third kappa shape index (κ3) is 4.70. The topological polar surface area (TPSA) is 49.8 Å². The molecule has 0 amide bonds. The number of fused-ring (bicyclic) bond motifs is 1. The molecule has 0 radical (unpaired) electrons. The monoisotopic (exact) mass is 377 g/mol. The van der Waals surface area contributed by atoms with Gasteiger partial charge < -0.3 is 14.7 Å². The Labute approximate surface area is 166 Å². The van der Waals surface area contributed by atoms with Gasteiger partial charge in [-0.1, -0.05) is 48.5 Å². The lowest BCUT2D eigenvalue weighted by Crippen LogP contribution is -2.33. The zero-order valence-electron chi connectivity index (χ0n) is 16.5. The second-order valence-corrected chi connectivity index (χ2v) is 6.81. The van der Waals surface area contributed by atoms with Gasteiger partial charge >= 0.3 is 5.97 Å². The highest BCUT2D eigenvalue weighted by atomic mass is 16.5. The first kappa shape index (κ1) is 19.9. The zero-order valence-corrected chi connectivity index (χ0v) is 16.5. The lowest BCUT2D eigenvalue weighted by atomic mass is 10.0. The largest absolute Gasteiger partial charge is 0.462 e. The number of benzene rings is 3. The summed E-state index contributed by atoms with van der Waals surface area (Å²) < 4.78 is 5.01. The highest BCUT2D eigenvalue weighted by molar-refractivity contribution is 5.94. The van der Waals surface area contributed by atoms with Crippen molar-refractivity contribution in [2.75, 3.05) is 24.6 Å². The normalized spacial score (nSPS) is 12.0. The Bertz CT molecular complexity index is 915. The molecule has 1 atom stereocenters. The number of anilines is 1. The molecule has 28 heavy (non-hydrogen) atoms. The predicted octanol–water partition coefficient (Wildman–Crippen LogP) is 4.45. The summed E-state index contributed by atoms with van der Waals surface area (Å²) in [7, 11) is 0. The summed E-state index contributed by atoms with van der Waals surface area (Å²) in [5.74, 6) is -0.317. The predicted molar refractivity (Wildman–Crippen MR) is 114 cm³/mol. The van der Waals surface area contributed by atoms with Gasteiger partial charge in [0, 0.05) is 30.6 Å². The smallest absolute Gasteiger partial charge is 0.338 e. The van der Waals surface area contributed by atoms with E-state index in [9.17, 15) is 9.90 Å². The number of likely N-dealkylation sites (N-methyl/N-ethyl adjacent to an activating group) is 1. The van der Waals surface area contributed by atoms with Crippen molar-refractivity contribution in [3.05, 3.63) is 77.9 Å². The van der Waals surface area contributed by atoms with Gasteiger partial charge in [0.15, 0.2) is 0 Å². The zero-order chi connectivity index (χ0) is 19.9. The van der Waals surface area contributed by atoms with Crippen LogP contribution < -0.4 is 4.90 Å². The minimum Gasteiger partial charge on any atom is -0.462 e. The minimum atomic E-state index is -0.507. The molecule has 146 valence electrons. The molecule has 4 nitrogen and oxygen atoms in total. The molecule has 0 saturated heterocycles. The van der Waals surface area contributed by atoms with Gasteiger partial charge in [0.25, 0.3) is 0 Å². The molecule has 0 aliphatic rings. The summed E-state index contributed by atoms with van der Waals surface area (Å²) in [4.78, 5) is 14.0. The van der Waals surface area contributed by atoms with Crippen LogP contribution in [0.2, 0.25) is 0 Å². The van der Waals surface area contributed by atoms with Crippen molar-refractivity contribution in [2.45, 2.75) is 26.4 Å². The maximum atomic E-state index is 11.7. The van der Waals surface area contributed by atoms with E-state index in [4.69, 9.17) is 4.74 Å². The highest BCUT2D eigenvalue weighted by Gasteiger charge is 2.14. The molecule has 0 spiro atoms. The van der Waals surface area contributed by atoms with Crippen molar-refractivity contribution >= 4 is 22.4 Å². The number of hydrogen-bond donors (Lipinski definition) is 1. The van der Waals surface area contributed by atoms with Gasteiger partial charge in [-0.2, -0.15) is 0 Å². The molecule has 4 heteroatoms. The van der Waals surface area contributed by atoms with E-state index in [1.165, 1.54) is 10.8 Å². The van der Waals surface area contributed by atoms with Gasteiger partial charge in [0.1, 0.15) is 0 Å². The van der Waals surface area contributed by atoms with Gasteiger partial charge in [-0.05, 0) is 43.0 Å². The van der Waals surface area contributed by atoms with E-state index in [2.05, 4.69) is 42.2 Å². The number of carbonyl (C=O) groups excluding carboxylic acids is 1. The molecule has 1 N–H and O–H groups in total. The van der Waals surface area contributed by atoms with Crippen molar-refractivity contribution in [2.24, 2.45) is 0 Å². The van der Waals surface area contributed by atoms with Crippen LogP contribution >= 0.6 is 0 Å². The van der Waals surface area contributed by atoms with Crippen molar-refractivity contribution in [3.8, 4) is 0 Å². The third-order valence-electron chi connectivity index (χ3n) is 4.86. The van der Waals surface area contributed by atoms with Crippen LogP contribution in [0.1, 0.15) is 29.8 Å². The van der Waals surface area contributed by atoms with Gasteiger partial charge in [0.2, 0.25) is 0 Å². The summed E-state index contributed by atoms with van der Waals surface area (Å²) in [6, 6.07) is 21.8. The average molecular weight is 377 g/mol. The summed E-state index contributed by atoms with van der Waals surface area (Å²) in [5, 5.41) is 13.1. The second-order valence-electron chi connectivity index (χ2n) is 6.81. The van der Waals surface area contributed by atoms with E-state index < -0.39 is 6.10 Å². The van der Waals surface area contributed by atoms with Crippen LogP contribution in [-0.4, -0.2) is 36.9 Å². The van der Waals surface area contributed by atoms with Gasteiger partial charge in [-0.15, -0.1) is 0 Å². The Morgan fingerprint density at radius 2 is 1.71 bits per heavy atom. The molecule has 0 saturated carbocycles. The SMILES string of the molecule is CCOC(=O)c1ccc(CC(O)CN(CC)c2cccc3ccccc23)cc1. The molecule has 3 aromatic carbocycles. The third-order valence-corrected chi connectivity index (χ3v) is 4.86. The van der Waals surface area contributed by atoms with E-state index in [0.29, 0.717) is 25.1 Å². The van der Waals surface area contributed by atoms with E-state index in [1.54, 1.807) is 19.1 Å². The van der Waals surface area contributed by atoms with E-state index in [-0.39, 0.29) is 5.97 Å². The number of hydrogen-bond acceptors (Lipinski definition) is 4. The molecular formula is C24H27NO3. The van der Waals surface area contributed by atoms with Crippen LogP contribution in [-0.2, 0) is 11.2 Å². The number of nitrogens with zero attached hydrogens (tertiary/aromatic N) is 1. The minimum absolute atomic E-state index is 0.317. The Balaban J connectivity index is 1.69. The quantitative estimate of drug-likeness (QED) is 0.590. The Morgan fingerprint density at radius 3 is 2.43 bits per heavy atom. The van der Waals surface area contributed by atoms with Gasteiger partial charge in [-0.25, -0.2) is 4.79 Å². The standard InChI is InChI=1S/C24H27NO3/c1-3-25(23-11-7-9-19-8-5-6-10-22(19)23)17-21(26)16-18-12-14-20(15-13-18)24(27)28-4-2/h5-15,21,26H,3-4,16-17H2,1-2H3. The first-order chi connectivity index (χ1) is 13.6. The van der Waals surface area contributed by atoms with Crippen molar-refractivity contribution < 1.29 is 14.6 Å². The lowest BCUT2D eigenvalue weighted by Gasteiger charge is -2.27. The molecule has 0 aliphatic heterocycles. The van der Waals surface area contributed by atoms with E-state index in [0.717, 1.165) is 17.8 Å². The summed E-state index contributed by atoms with van der Waals surface area (Å²) in [5.41, 5.74) is 2.66. The van der Waals surface area contributed by atoms with Crippen molar-refractivity contribution in [1.82, 2.24) is 0 Å². The Hall–Kier alpha value is -2.85. The van der Waals surface area contributed by atoms with Crippen LogP contribution in [0.15, 0.2) is 66.7 Å². The van der Waals surface area contributed by atoms with E-state index in [1.807, 2.05) is 24.3 Å². The molecule has 0 fully saturated rings. The number of aliphatic hydroxyl groups excluding tert-OH is 1. The molecule has 0 heterocycles. The molecule has 3 aromatic rings. The molecule has 0 aliphatic carbocycles. The number of esters is 1. The fourth-order valence-electron chi connectivity index (χ4n) is 3.46. The number of aliphatic hydroxyl groups is 1. The van der Waals surface area contributed by atoms with Crippen LogP contribution in [0, 0.1) is 0 Å². The maximum absolute atomic E-state index is 11.7. The Kier molecular flexibility index (Phi) is 6.66. The highest BCUT2D eigenvalue weighted by Crippen LogP contribution is 2.27. The molecule has 3 rings (SSSR count). The summed E-state index contributed by atoms with van der Waals surface area (Å²) in [6.07, 6.45) is 0.0250. The van der Waals surface area contributed by atoms with Gasteiger partial charge in [-0.3, -0.25) is 0 Å². The fraction of sp³-hybridized carbons (Fsp3) is 0.292. The first-order valence-electron chi connectivity index (χ1n) is 9.79. The average Bonchev–Trinajstić information content (AvgIpc) is 2.72. The van der Waals surface area contributed by atoms with E-state index >= 15 is 0 Å². The molecular weight excluding hydrogens is 350 g/mol. The molecule has 1 unspecified atom stereocenters. The Morgan fingerprint density at radius 1 is 1.00 bits per heavy atom. The van der Waals surface area contributed by atoms with Gasteiger partial charge in [0.05, 0.1) is 18.3 Å². The second kappa shape index (κ2) is 9.38. The van der Waals surface area contributed by atoms with Crippen LogP contribution in [0.5, 0.6) is 0 Å². The lowest BCUT2D eigenvalue weighted by molar-refractivity contribution is 0.0526. The maximum Gasteiger partial charge on any atom is 0.338 e. The summed E-state index contributed by atoms with van der Waals surface area (Å²) >= 11 is 0. The number of carbonyl (C=O) groups is 1. The number of ether oxygens (including phenoxy) is 1. The van der Waals surface area contributed by atoms with Crippen molar-refractivity contribution in [3.63, 3.8) is 0 Å². The molecule has 0 aromatic heterocycles. The van der Waals surface area contributed by atoms with Crippen LogP contribution in [0.4, 0.5) is 5.69 Å². The first-order valence-corrected chi connectivity index (χ1v) is 9.79. The fourth-order valence-corrected chi connectivity index (χ4v) is 3.46. The summed E-state index contributed by atoms with van der Waals surface area (Å²) in [6.45, 7) is 5.61. The molecule has 0 bridgehead atoms. The number of rotatable bonds is 8. The van der Waals surface area contributed by atoms with Crippen LogP contribution in [0.3, 0.4) is 0 Å².